The van der Waals surface area contributed by atoms with Gasteiger partial charge in [-0.2, -0.15) is 0 Å². The Morgan fingerprint density at radius 2 is 1.74 bits per heavy atom. The van der Waals surface area contributed by atoms with Crippen molar-refractivity contribution in [3.8, 4) is 0 Å². The molecule has 0 spiro atoms. The average molecular weight is 294 g/mol. The molecule has 0 radical (unpaired) electrons. The quantitative estimate of drug-likeness (QED) is 0.331. The second-order valence-corrected chi connectivity index (χ2v) is 5.53. The highest BCUT2D eigenvalue weighted by atomic mass is 31.2. The minimum Gasteiger partial charge on any atom is -0.457 e. The van der Waals surface area contributed by atoms with Crippen molar-refractivity contribution in [1.29, 1.82) is 0 Å². The number of ether oxygens (including phenoxy) is 1. The van der Waals surface area contributed by atoms with Gasteiger partial charge in [0.1, 0.15) is 6.10 Å². The zero-order valence-electron chi connectivity index (χ0n) is 11.8. The Labute approximate surface area is 114 Å². The van der Waals surface area contributed by atoms with Crippen LogP contribution in [0.5, 0.6) is 0 Å². The van der Waals surface area contributed by atoms with Gasteiger partial charge in [0.25, 0.3) is 0 Å². The standard InChI is InChI=1S/C12H23O6P/c1-5-8-15-19(14,16-9-6-2)17-10-11(4)18-12(13)7-3/h7,11H,3,5-6,8-10H2,1-2,4H3. The third-order valence-corrected chi connectivity index (χ3v) is 3.32. The van der Waals surface area contributed by atoms with Crippen LogP contribution in [0.2, 0.25) is 0 Å². The summed E-state index contributed by atoms with van der Waals surface area (Å²) in [5, 5.41) is 0. The summed E-state index contributed by atoms with van der Waals surface area (Å²) in [5.41, 5.74) is 0. The molecule has 19 heavy (non-hydrogen) atoms. The lowest BCUT2D eigenvalue weighted by molar-refractivity contribution is -0.143. The second kappa shape index (κ2) is 10.1. The van der Waals surface area contributed by atoms with E-state index in [2.05, 4.69) is 6.58 Å². The molecule has 0 heterocycles. The largest absolute Gasteiger partial charge is 0.474 e. The smallest absolute Gasteiger partial charge is 0.457 e. The normalized spacial score (nSPS) is 13.0. The molecular weight excluding hydrogens is 271 g/mol. The van der Waals surface area contributed by atoms with Gasteiger partial charge in [0.15, 0.2) is 0 Å². The second-order valence-electron chi connectivity index (χ2n) is 3.86. The number of esters is 1. The van der Waals surface area contributed by atoms with E-state index in [1.165, 1.54) is 0 Å². The van der Waals surface area contributed by atoms with Gasteiger partial charge in [-0.15, -0.1) is 0 Å². The fourth-order valence-corrected chi connectivity index (χ4v) is 2.42. The predicted octanol–water partition coefficient (Wildman–Crippen LogP) is 3.08. The number of phosphoric acid groups is 1. The van der Waals surface area contributed by atoms with Crippen molar-refractivity contribution in [1.82, 2.24) is 0 Å². The predicted molar refractivity (Wildman–Crippen MR) is 71.8 cm³/mol. The zero-order valence-corrected chi connectivity index (χ0v) is 12.7. The van der Waals surface area contributed by atoms with E-state index in [0.29, 0.717) is 12.8 Å². The Morgan fingerprint density at radius 3 is 2.16 bits per heavy atom. The molecule has 0 saturated heterocycles. The van der Waals surface area contributed by atoms with E-state index >= 15 is 0 Å². The van der Waals surface area contributed by atoms with Crippen molar-refractivity contribution >= 4 is 13.8 Å². The van der Waals surface area contributed by atoms with E-state index in [-0.39, 0.29) is 19.8 Å². The fraction of sp³-hybridized carbons (Fsp3) is 0.750. The van der Waals surface area contributed by atoms with E-state index in [9.17, 15) is 9.36 Å². The number of carbonyl (C=O) groups excluding carboxylic acids is 1. The van der Waals surface area contributed by atoms with Gasteiger partial charge in [0.05, 0.1) is 19.8 Å². The summed E-state index contributed by atoms with van der Waals surface area (Å²) in [7, 11) is -3.58. The molecule has 0 aromatic rings. The Balaban J connectivity index is 4.27. The van der Waals surface area contributed by atoms with Crippen LogP contribution in [0, 0.1) is 0 Å². The summed E-state index contributed by atoms with van der Waals surface area (Å²) in [4.78, 5) is 11.0. The number of rotatable bonds is 11. The molecular formula is C12H23O6P. The van der Waals surface area contributed by atoms with E-state index in [1.807, 2.05) is 13.8 Å². The topological polar surface area (TPSA) is 71.1 Å². The van der Waals surface area contributed by atoms with Crippen molar-refractivity contribution in [2.45, 2.75) is 39.7 Å². The fourth-order valence-electron chi connectivity index (χ4n) is 0.995. The maximum absolute atomic E-state index is 12.2. The summed E-state index contributed by atoms with van der Waals surface area (Å²) in [6, 6.07) is 0. The molecule has 0 aromatic heterocycles. The Hall–Kier alpha value is -0.680. The van der Waals surface area contributed by atoms with Crippen molar-refractivity contribution < 1.29 is 27.7 Å². The average Bonchev–Trinajstić information content (AvgIpc) is 2.41. The number of carbonyl (C=O) groups is 1. The number of phosphoric ester groups is 1. The van der Waals surface area contributed by atoms with Crippen molar-refractivity contribution in [3.63, 3.8) is 0 Å². The maximum Gasteiger partial charge on any atom is 0.474 e. The minimum atomic E-state index is -3.58. The van der Waals surface area contributed by atoms with Gasteiger partial charge in [0, 0.05) is 6.08 Å². The molecule has 0 aliphatic rings. The van der Waals surface area contributed by atoms with Crippen LogP contribution in [0.25, 0.3) is 0 Å². The summed E-state index contributed by atoms with van der Waals surface area (Å²) >= 11 is 0. The lowest BCUT2D eigenvalue weighted by Gasteiger charge is -2.19. The first kappa shape index (κ1) is 18.3. The van der Waals surface area contributed by atoms with Crippen LogP contribution in [0.15, 0.2) is 12.7 Å². The molecule has 0 fully saturated rings. The van der Waals surface area contributed by atoms with Crippen LogP contribution in [0.1, 0.15) is 33.6 Å². The highest BCUT2D eigenvalue weighted by Gasteiger charge is 2.27. The van der Waals surface area contributed by atoms with Crippen LogP contribution >= 0.6 is 7.82 Å². The molecule has 1 atom stereocenters. The lowest BCUT2D eigenvalue weighted by atomic mass is 10.4. The molecule has 0 saturated carbocycles. The zero-order chi connectivity index (χ0) is 14.7. The highest BCUT2D eigenvalue weighted by molar-refractivity contribution is 7.48. The van der Waals surface area contributed by atoms with Gasteiger partial charge in [-0.1, -0.05) is 20.4 Å². The minimum absolute atomic E-state index is 0.0652. The van der Waals surface area contributed by atoms with Crippen LogP contribution in [0.3, 0.4) is 0 Å². The Kier molecular flexibility index (Phi) is 9.79. The van der Waals surface area contributed by atoms with Crippen LogP contribution in [-0.4, -0.2) is 31.9 Å². The molecule has 7 heteroatoms. The molecule has 0 amide bonds. The SMILES string of the molecule is C=CC(=O)OC(C)COP(=O)(OCCC)OCCC. The van der Waals surface area contributed by atoms with Gasteiger partial charge >= 0.3 is 13.8 Å². The lowest BCUT2D eigenvalue weighted by Crippen LogP contribution is -2.19. The molecule has 6 nitrogen and oxygen atoms in total. The first-order chi connectivity index (χ1) is 8.97. The van der Waals surface area contributed by atoms with Crippen molar-refractivity contribution in [3.05, 3.63) is 12.7 Å². The van der Waals surface area contributed by atoms with Crippen LogP contribution in [-0.2, 0) is 27.7 Å². The molecule has 0 aromatic carbocycles. The van der Waals surface area contributed by atoms with E-state index in [0.717, 1.165) is 6.08 Å². The van der Waals surface area contributed by atoms with Crippen molar-refractivity contribution in [2.75, 3.05) is 19.8 Å². The highest BCUT2D eigenvalue weighted by Crippen LogP contribution is 2.49. The van der Waals surface area contributed by atoms with Crippen molar-refractivity contribution in [2.24, 2.45) is 0 Å². The summed E-state index contributed by atoms with van der Waals surface area (Å²) < 4.78 is 32.4. The summed E-state index contributed by atoms with van der Waals surface area (Å²) in [5.74, 6) is -0.560. The first-order valence-corrected chi connectivity index (χ1v) is 7.80. The van der Waals surface area contributed by atoms with Gasteiger partial charge in [-0.25, -0.2) is 9.36 Å². The molecule has 0 aliphatic heterocycles. The molecule has 0 bridgehead atoms. The number of hydrogen-bond acceptors (Lipinski definition) is 6. The Bertz CT molecular complexity index is 305. The molecule has 0 aliphatic carbocycles. The van der Waals surface area contributed by atoms with Crippen LogP contribution in [0.4, 0.5) is 0 Å². The monoisotopic (exact) mass is 294 g/mol. The van der Waals surface area contributed by atoms with Crippen LogP contribution < -0.4 is 0 Å². The molecule has 0 N–H and O–H groups in total. The Morgan fingerprint density at radius 1 is 1.21 bits per heavy atom. The third kappa shape index (κ3) is 8.94. The van der Waals surface area contributed by atoms with Gasteiger partial charge < -0.3 is 4.74 Å². The molecule has 112 valence electrons. The summed E-state index contributed by atoms with van der Waals surface area (Å²) in [6.07, 6.45) is 1.89. The van der Waals surface area contributed by atoms with Gasteiger partial charge in [0.2, 0.25) is 0 Å². The maximum atomic E-state index is 12.2. The first-order valence-electron chi connectivity index (χ1n) is 6.34. The molecule has 0 rings (SSSR count). The van der Waals surface area contributed by atoms with E-state index < -0.39 is 19.9 Å². The van der Waals surface area contributed by atoms with E-state index in [1.54, 1.807) is 6.92 Å². The number of hydrogen-bond donors (Lipinski definition) is 0. The van der Waals surface area contributed by atoms with E-state index in [4.69, 9.17) is 18.3 Å². The summed E-state index contributed by atoms with van der Waals surface area (Å²) in [6.45, 7) is 9.17. The third-order valence-electron chi connectivity index (χ3n) is 1.86. The van der Waals surface area contributed by atoms with Gasteiger partial charge in [-0.3, -0.25) is 13.6 Å². The molecule has 1 unspecified atom stereocenters. The van der Waals surface area contributed by atoms with Gasteiger partial charge in [-0.05, 0) is 19.8 Å².